The third-order valence-corrected chi connectivity index (χ3v) is 6.17. The first kappa shape index (κ1) is 21.6. The molecule has 0 amide bonds. The fraction of sp³-hybridized carbons (Fsp3) is 0.217. The summed E-state index contributed by atoms with van der Waals surface area (Å²) in [4.78, 5) is 24.4. The van der Waals surface area contributed by atoms with Crippen LogP contribution in [0.4, 0.5) is 17.3 Å². The number of nitrogens with zero attached hydrogens (tertiary/aromatic N) is 5. The Morgan fingerprint density at radius 2 is 1.73 bits per heavy atom. The number of aryl methyl sites for hydroxylation is 1. The molecular weight excluding hydrogens is 461 g/mol. The monoisotopic (exact) mass is 481 g/mol. The van der Waals surface area contributed by atoms with Crippen molar-refractivity contribution in [3.05, 3.63) is 74.8 Å². The number of piperazine rings is 1. The molecule has 1 saturated heterocycles. The molecule has 168 valence electrons. The minimum absolute atomic E-state index is 0.332. The van der Waals surface area contributed by atoms with E-state index in [0.717, 1.165) is 31.9 Å². The largest absolute Gasteiger partial charge is 0.369 e. The summed E-state index contributed by atoms with van der Waals surface area (Å²) in [6.07, 6.45) is 1.50. The van der Waals surface area contributed by atoms with Crippen LogP contribution in [-0.2, 0) is 0 Å². The topological polar surface area (TPSA) is 88.0 Å². The van der Waals surface area contributed by atoms with Gasteiger partial charge in [-0.15, -0.1) is 0 Å². The Morgan fingerprint density at radius 3 is 2.42 bits per heavy atom. The number of hydrogen-bond acceptors (Lipinski definition) is 7. The molecule has 0 radical (unpaired) electrons. The van der Waals surface area contributed by atoms with Crippen LogP contribution in [-0.4, -0.2) is 45.9 Å². The molecule has 10 heteroatoms. The average molecular weight is 482 g/mol. The van der Waals surface area contributed by atoms with Gasteiger partial charge in [-0.1, -0.05) is 29.3 Å². The number of anilines is 3. The summed E-state index contributed by atoms with van der Waals surface area (Å²) in [5.41, 5.74) is 3.00. The van der Waals surface area contributed by atoms with E-state index in [1.807, 2.05) is 12.1 Å². The van der Waals surface area contributed by atoms with Crippen molar-refractivity contribution in [1.29, 1.82) is 0 Å². The first-order valence-electron chi connectivity index (χ1n) is 10.5. The molecule has 0 unspecified atom stereocenters. The van der Waals surface area contributed by atoms with E-state index in [0.29, 0.717) is 38.3 Å². The van der Waals surface area contributed by atoms with Crippen molar-refractivity contribution in [2.75, 3.05) is 36.4 Å². The highest BCUT2D eigenvalue weighted by atomic mass is 35.5. The predicted octanol–water partition coefficient (Wildman–Crippen LogP) is 3.94. The number of hydrogen-bond donors (Lipinski definition) is 2. The second kappa shape index (κ2) is 8.97. The fourth-order valence-electron chi connectivity index (χ4n) is 3.88. The van der Waals surface area contributed by atoms with Gasteiger partial charge < -0.3 is 15.5 Å². The molecule has 1 fully saturated rings. The van der Waals surface area contributed by atoms with E-state index in [4.69, 9.17) is 23.2 Å². The fourth-order valence-corrected chi connectivity index (χ4v) is 4.44. The van der Waals surface area contributed by atoms with Crippen LogP contribution in [0.25, 0.3) is 16.6 Å². The number of para-hydroxylation sites is 1. The van der Waals surface area contributed by atoms with Gasteiger partial charge in [0.1, 0.15) is 11.2 Å². The molecule has 5 rings (SSSR count). The molecule has 8 nitrogen and oxygen atoms in total. The number of aromatic nitrogens is 4. The van der Waals surface area contributed by atoms with Gasteiger partial charge in [0.15, 0.2) is 0 Å². The summed E-state index contributed by atoms with van der Waals surface area (Å²) in [7, 11) is 0. The normalized spacial score (nSPS) is 14.0. The van der Waals surface area contributed by atoms with Gasteiger partial charge >= 0.3 is 0 Å². The number of fused-ring (bicyclic) bond motifs is 1. The molecule has 33 heavy (non-hydrogen) atoms. The summed E-state index contributed by atoms with van der Waals surface area (Å²) in [6.45, 7) is 5.74. The molecule has 0 bridgehead atoms. The van der Waals surface area contributed by atoms with E-state index in [1.165, 1.54) is 16.6 Å². The van der Waals surface area contributed by atoms with Crippen molar-refractivity contribution in [2.45, 2.75) is 6.92 Å². The first-order valence-corrected chi connectivity index (χ1v) is 11.3. The molecule has 3 heterocycles. The Bertz CT molecular complexity index is 1360. The van der Waals surface area contributed by atoms with Gasteiger partial charge in [-0.05, 0) is 43.3 Å². The maximum absolute atomic E-state index is 13.1. The van der Waals surface area contributed by atoms with Crippen molar-refractivity contribution in [3.8, 4) is 5.69 Å². The van der Waals surface area contributed by atoms with E-state index in [-0.39, 0.29) is 0 Å². The van der Waals surface area contributed by atoms with Crippen LogP contribution in [0.1, 0.15) is 5.69 Å². The second-order valence-electron chi connectivity index (χ2n) is 7.74. The predicted molar refractivity (Wildman–Crippen MR) is 132 cm³/mol. The molecule has 0 saturated carbocycles. The maximum Gasteiger partial charge on any atom is 0.282 e. The van der Waals surface area contributed by atoms with Crippen LogP contribution in [0.3, 0.4) is 0 Å². The highest BCUT2D eigenvalue weighted by molar-refractivity contribution is 6.37. The lowest BCUT2D eigenvalue weighted by Crippen LogP contribution is -2.43. The lowest BCUT2D eigenvalue weighted by Gasteiger charge is -2.29. The molecular formula is C23H21Cl2N7O. The van der Waals surface area contributed by atoms with Gasteiger partial charge in [-0.3, -0.25) is 4.79 Å². The molecule has 4 aromatic rings. The van der Waals surface area contributed by atoms with Crippen LogP contribution in [0.5, 0.6) is 0 Å². The van der Waals surface area contributed by atoms with Crippen LogP contribution in [0, 0.1) is 6.92 Å². The number of nitrogens with one attached hydrogen (secondary N) is 2. The highest BCUT2D eigenvalue weighted by Gasteiger charge is 2.17. The summed E-state index contributed by atoms with van der Waals surface area (Å²) >= 11 is 12.6. The zero-order valence-corrected chi connectivity index (χ0v) is 19.4. The minimum Gasteiger partial charge on any atom is -0.369 e. The van der Waals surface area contributed by atoms with Crippen molar-refractivity contribution in [2.24, 2.45) is 0 Å². The number of halogens is 2. The first-order chi connectivity index (χ1) is 16.0. The quantitative estimate of drug-likeness (QED) is 0.456. The molecule has 2 aromatic heterocycles. The van der Waals surface area contributed by atoms with Crippen LogP contribution in [0.15, 0.2) is 53.5 Å². The van der Waals surface area contributed by atoms with E-state index in [2.05, 4.69) is 42.7 Å². The van der Waals surface area contributed by atoms with Crippen molar-refractivity contribution in [3.63, 3.8) is 0 Å². The number of benzene rings is 2. The standard InChI is InChI=1S/C23H21Cl2N7O/c1-14-20-17(22(33)32(30-14)21-18(24)3-2-4-19(21)25)13-27-23(29-20)28-15-5-7-16(8-6-15)31-11-9-26-10-12-31/h2-8,13,26H,9-12H2,1H3,(H,27,28,29). The van der Waals surface area contributed by atoms with Crippen molar-refractivity contribution in [1.82, 2.24) is 25.1 Å². The van der Waals surface area contributed by atoms with Crippen molar-refractivity contribution >= 4 is 51.4 Å². The molecule has 2 aromatic carbocycles. The van der Waals surface area contributed by atoms with Crippen LogP contribution < -0.4 is 21.1 Å². The highest BCUT2D eigenvalue weighted by Crippen LogP contribution is 2.27. The van der Waals surface area contributed by atoms with E-state index < -0.39 is 5.56 Å². The summed E-state index contributed by atoms with van der Waals surface area (Å²) in [5.74, 6) is 0.384. The second-order valence-corrected chi connectivity index (χ2v) is 8.55. The third kappa shape index (κ3) is 4.25. The van der Waals surface area contributed by atoms with E-state index in [1.54, 1.807) is 25.1 Å². The van der Waals surface area contributed by atoms with Gasteiger partial charge in [-0.25, -0.2) is 9.97 Å². The van der Waals surface area contributed by atoms with E-state index >= 15 is 0 Å². The van der Waals surface area contributed by atoms with Gasteiger partial charge in [0.2, 0.25) is 5.95 Å². The number of rotatable bonds is 4. The van der Waals surface area contributed by atoms with Gasteiger partial charge in [-0.2, -0.15) is 9.78 Å². The van der Waals surface area contributed by atoms with E-state index in [9.17, 15) is 4.79 Å². The van der Waals surface area contributed by atoms with Crippen LogP contribution >= 0.6 is 23.2 Å². The zero-order valence-electron chi connectivity index (χ0n) is 17.8. The lowest BCUT2D eigenvalue weighted by molar-refractivity contribution is 0.589. The molecule has 1 aliphatic heterocycles. The molecule has 1 aliphatic rings. The Balaban J connectivity index is 1.45. The lowest BCUT2D eigenvalue weighted by atomic mass is 10.2. The van der Waals surface area contributed by atoms with Crippen molar-refractivity contribution < 1.29 is 0 Å². The van der Waals surface area contributed by atoms with Gasteiger partial charge in [0.25, 0.3) is 5.56 Å². The van der Waals surface area contributed by atoms with Gasteiger partial charge in [0.05, 0.1) is 21.1 Å². The SMILES string of the molecule is Cc1nn(-c2c(Cl)cccc2Cl)c(=O)c2cnc(Nc3ccc(N4CCNCC4)cc3)nc12. The Morgan fingerprint density at radius 1 is 1.03 bits per heavy atom. The minimum atomic E-state index is -0.391. The molecule has 0 spiro atoms. The summed E-state index contributed by atoms with van der Waals surface area (Å²) in [6, 6.07) is 13.2. The summed E-state index contributed by atoms with van der Waals surface area (Å²) in [5, 5.41) is 12.0. The average Bonchev–Trinajstić information content (AvgIpc) is 2.83. The molecule has 0 aliphatic carbocycles. The smallest absolute Gasteiger partial charge is 0.282 e. The Labute approximate surface area is 200 Å². The van der Waals surface area contributed by atoms with Gasteiger partial charge in [0, 0.05) is 43.8 Å². The Kier molecular flexibility index (Phi) is 5.88. The third-order valence-electron chi connectivity index (χ3n) is 5.56. The summed E-state index contributed by atoms with van der Waals surface area (Å²) < 4.78 is 1.20. The Hall–Kier alpha value is -3.20. The maximum atomic E-state index is 13.1. The zero-order chi connectivity index (χ0) is 22.9. The van der Waals surface area contributed by atoms with Crippen LogP contribution in [0.2, 0.25) is 10.0 Å². The molecule has 0 atom stereocenters. The molecule has 2 N–H and O–H groups in total.